The maximum absolute atomic E-state index is 12.7. The Kier molecular flexibility index (Phi) is 9.99. The summed E-state index contributed by atoms with van der Waals surface area (Å²) in [4.78, 5) is 18.7. The van der Waals surface area contributed by atoms with Crippen LogP contribution in [0.4, 0.5) is 0 Å². The van der Waals surface area contributed by atoms with E-state index in [1.54, 1.807) is 0 Å². The van der Waals surface area contributed by atoms with Gasteiger partial charge in [0.15, 0.2) is 0 Å². The molecule has 0 spiro atoms. The molecule has 3 aromatic rings. The Morgan fingerprint density at radius 2 is 1.26 bits per heavy atom. The van der Waals surface area contributed by atoms with Gasteiger partial charge in [0.1, 0.15) is 0 Å². The fraction of sp³-hybridized carbons (Fsp3) is 0.457. The molecule has 0 aliphatic heterocycles. The summed E-state index contributed by atoms with van der Waals surface area (Å²) in [6.45, 7) is 9.24. The third-order valence-corrected chi connectivity index (χ3v) is 7.77. The molecule has 4 nitrogen and oxygen atoms in total. The van der Waals surface area contributed by atoms with Gasteiger partial charge in [0, 0.05) is 18.6 Å². The monoisotopic (exact) mass is 526 g/mol. The van der Waals surface area contributed by atoms with E-state index >= 15 is 0 Å². The lowest BCUT2D eigenvalue weighted by molar-refractivity contribution is -0.207. The number of carbonyl (C=O) groups is 1. The summed E-state index contributed by atoms with van der Waals surface area (Å²) in [6.07, 6.45) is 6.59. The zero-order chi connectivity index (χ0) is 27.7. The third-order valence-electron chi connectivity index (χ3n) is 7.77. The minimum Gasteiger partial charge on any atom is -0.368 e. The van der Waals surface area contributed by atoms with Crippen molar-refractivity contribution in [2.45, 2.75) is 90.3 Å². The van der Waals surface area contributed by atoms with Crippen LogP contribution in [0.25, 0.3) is 0 Å². The number of rotatable bonds is 11. The average molecular weight is 527 g/mol. The van der Waals surface area contributed by atoms with Crippen LogP contribution in [-0.4, -0.2) is 29.7 Å². The highest BCUT2D eigenvalue weighted by Gasteiger charge is 2.39. The maximum atomic E-state index is 12.7. The van der Waals surface area contributed by atoms with Gasteiger partial charge in [-0.3, -0.25) is 10.1 Å². The number of hydrogen-bond acceptors (Lipinski definition) is 4. The lowest BCUT2D eigenvalue weighted by Crippen LogP contribution is -2.52. The first-order valence-corrected chi connectivity index (χ1v) is 14.7. The van der Waals surface area contributed by atoms with Crippen LogP contribution in [0, 0.1) is 5.41 Å². The minimum absolute atomic E-state index is 0.0786. The van der Waals surface area contributed by atoms with Gasteiger partial charge in [0.05, 0.1) is 12.0 Å². The zero-order valence-corrected chi connectivity index (χ0v) is 24.2. The Morgan fingerprint density at radius 3 is 1.67 bits per heavy atom. The summed E-state index contributed by atoms with van der Waals surface area (Å²) in [5.74, 6) is -0.116. The standard InChI is InChI=1S/C35H46N2O2/c1-5-6-26-37(39-33(38)27-34(2,3)4)32-24-22-31(23-25-32)36-35(28-16-10-7-11-17-28,29-18-12-8-13-19-29)30-20-14-9-15-21-30/h7-21,31-32,36H,5-6,22-27H2,1-4H3. The van der Waals surface area contributed by atoms with Crippen LogP contribution >= 0.6 is 0 Å². The van der Waals surface area contributed by atoms with Crippen LogP contribution < -0.4 is 5.32 Å². The molecule has 3 aromatic carbocycles. The Morgan fingerprint density at radius 1 is 0.795 bits per heavy atom. The normalized spacial score (nSPS) is 18.2. The predicted molar refractivity (Wildman–Crippen MR) is 160 cm³/mol. The van der Waals surface area contributed by atoms with Gasteiger partial charge in [-0.1, -0.05) is 125 Å². The SMILES string of the molecule is CCCCN(OC(=O)CC(C)(C)C)C1CCC(NC(c2ccccc2)(c2ccccc2)c2ccccc2)CC1. The van der Waals surface area contributed by atoms with Crippen LogP contribution in [0.15, 0.2) is 91.0 Å². The summed E-state index contributed by atoms with van der Waals surface area (Å²) in [7, 11) is 0. The molecule has 1 saturated carbocycles. The van der Waals surface area contributed by atoms with Crippen molar-refractivity contribution in [3.8, 4) is 0 Å². The van der Waals surface area contributed by atoms with Gasteiger partial charge < -0.3 is 4.84 Å². The van der Waals surface area contributed by atoms with E-state index in [1.165, 1.54) is 16.7 Å². The fourth-order valence-corrected chi connectivity index (χ4v) is 5.84. The number of benzene rings is 3. The van der Waals surface area contributed by atoms with E-state index in [0.717, 1.165) is 45.1 Å². The van der Waals surface area contributed by atoms with Crippen molar-refractivity contribution in [2.24, 2.45) is 5.41 Å². The van der Waals surface area contributed by atoms with Gasteiger partial charge in [-0.2, -0.15) is 0 Å². The van der Waals surface area contributed by atoms with Crippen molar-refractivity contribution in [1.29, 1.82) is 0 Å². The van der Waals surface area contributed by atoms with Crippen LogP contribution in [0.1, 0.15) is 89.3 Å². The number of unbranched alkanes of at least 4 members (excludes halogenated alkanes) is 1. The summed E-state index contributed by atoms with van der Waals surface area (Å²) in [6, 6.07) is 33.1. The molecule has 0 saturated heterocycles. The average Bonchev–Trinajstić information content (AvgIpc) is 2.95. The molecule has 1 fully saturated rings. The zero-order valence-electron chi connectivity index (χ0n) is 24.2. The van der Waals surface area contributed by atoms with Gasteiger partial charge in [-0.05, 0) is 54.2 Å². The topological polar surface area (TPSA) is 41.6 Å². The molecular weight excluding hydrogens is 480 g/mol. The van der Waals surface area contributed by atoms with E-state index in [9.17, 15) is 4.79 Å². The summed E-state index contributed by atoms with van der Waals surface area (Å²) < 4.78 is 0. The first kappa shape index (κ1) is 29.0. The molecule has 0 atom stereocenters. The highest BCUT2D eigenvalue weighted by Crippen LogP contribution is 2.39. The molecular formula is C35H46N2O2. The van der Waals surface area contributed by atoms with E-state index in [1.807, 2.05) is 5.06 Å². The second-order valence-electron chi connectivity index (χ2n) is 12.2. The lowest BCUT2D eigenvalue weighted by Gasteiger charge is -2.43. The summed E-state index contributed by atoms with van der Waals surface area (Å²) >= 11 is 0. The minimum atomic E-state index is -0.456. The number of carbonyl (C=O) groups excluding carboxylic acids is 1. The number of nitrogens with one attached hydrogen (secondary N) is 1. The molecule has 0 aromatic heterocycles. The maximum Gasteiger partial charge on any atom is 0.325 e. The second-order valence-corrected chi connectivity index (χ2v) is 12.2. The Bertz CT molecular complexity index is 1040. The van der Waals surface area contributed by atoms with Gasteiger partial charge in [-0.15, -0.1) is 5.06 Å². The molecule has 4 heteroatoms. The third kappa shape index (κ3) is 7.58. The molecule has 1 aliphatic carbocycles. The Balaban J connectivity index is 1.57. The molecule has 0 heterocycles. The molecule has 39 heavy (non-hydrogen) atoms. The largest absolute Gasteiger partial charge is 0.368 e. The van der Waals surface area contributed by atoms with E-state index in [0.29, 0.717) is 12.5 Å². The van der Waals surface area contributed by atoms with Crippen molar-refractivity contribution in [3.05, 3.63) is 108 Å². The van der Waals surface area contributed by atoms with Crippen LogP contribution in [0.5, 0.6) is 0 Å². The van der Waals surface area contributed by atoms with Gasteiger partial charge in [-0.25, -0.2) is 0 Å². The van der Waals surface area contributed by atoms with E-state index in [-0.39, 0.29) is 17.4 Å². The van der Waals surface area contributed by atoms with Gasteiger partial charge >= 0.3 is 5.97 Å². The molecule has 0 unspecified atom stereocenters. The molecule has 0 radical (unpaired) electrons. The smallest absolute Gasteiger partial charge is 0.325 e. The molecule has 4 rings (SSSR count). The van der Waals surface area contributed by atoms with Crippen molar-refractivity contribution < 1.29 is 9.63 Å². The van der Waals surface area contributed by atoms with Crippen molar-refractivity contribution >= 4 is 5.97 Å². The van der Waals surface area contributed by atoms with Crippen LogP contribution in [0.3, 0.4) is 0 Å². The van der Waals surface area contributed by atoms with E-state index in [4.69, 9.17) is 4.84 Å². The first-order valence-electron chi connectivity index (χ1n) is 14.7. The number of hydroxylamine groups is 2. The van der Waals surface area contributed by atoms with Crippen molar-refractivity contribution in [1.82, 2.24) is 10.4 Å². The van der Waals surface area contributed by atoms with E-state index in [2.05, 4.69) is 124 Å². The van der Waals surface area contributed by atoms with Crippen LogP contribution in [0.2, 0.25) is 0 Å². The molecule has 0 amide bonds. The number of hydrogen-bond donors (Lipinski definition) is 1. The summed E-state index contributed by atoms with van der Waals surface area (Å²) in [5.41, 5.74) is 3.19. The number of nitrogens with zero attached hydrogens (tertiary/aromatic N) is 1. The van der Waals surface area contributed by atoms with Gasteiger partial charge in [0.25, 0.3) is 0 Å². The predicted octanol–water partition coefficient (Wildman–Crippen LogP) is 7.88. The Labute approximate surface area is 235 Å². The van der Waals surface area contributed by atoms with E-state index < -0.39 is 5.54 Å². The van der Waals surface area contributed by atoms with Crippen molar-refractivity contribution in [3.63, 3.8) is 0 Å². The molecule has 0 bridgehead atoms. The first-order chi connectivity index (χ1) is 18.8. The molecule has 1 N–H and O–H groups in total. The fourth-order valence-electron chi connectivity index (χ4n) is 5.84. The quantitative estimate of drug-likeness (QED) is 0.204. The van der Waals surface area contributed by atoms with Crippen molar-refractivity contribution in [2.75, 3.05) is 6.54 Å². The molecule has 1 aliphatic rings. The second kappa shape index (κ2) is 13.4. The van der Waals surface area contributed by atoms with Crippen LogP contribution in [-0.2, 0) is 15.2 Å². The molecule has 208 valence electrons. The lowest BCUT2D eigenvalue weighted by atomic mass is 9.75. The summed E-state index contributed by atoms with van der Waals surface area (Å²) in [5, 5.41) is 6.17. The Hall–Kier alpha value is -2.95. The highest BCUT2D eigenvalue weighted by molar-refractivity contribution is 5.69. The van der Waals surface area contributed by atoms with Gasteiger partial charge in [0.2, 0.25) is 0 Å². The highest BCUT2D eigenvalue weighted by atomic mass is 16.7.